The summed E-state index contributed by atoms with van der Waals surface area (Å²) in [7, 11) is -1.61. The highest BCUT2D eigenvalue weighted by Crippen LogP contribution is 2.30. The van der Waals surface area contributed by atoms with Crippen LogP contribution in [0.5, 0.6) is 0 Å². The molecule has 1 aromatic heterocycles. The van der Waals surface area contributed by atoms with Crippen molar-refractivity contribution in [2.45, 2.75) is 29.8 Å². The van der Waals surface area contributed by atoms with E-state index in [0.29, 0.717) is 31.4 Å². The van der Waals surface area contributed by atoms with Gasteiger partial charge in [-0.1, -0.05) is 23.5 Å². The number of likely N-dealkylation sites (tertiary alicyclic amines) is 1. The number of hydrogen-bond donors (Lipinski definition) is 2. The summed E-state index contributed by atoms with van der Waals surface area (Å²) in [6.07, 6.45) is 1.82. The van der Waals surface area contributed by atoms with E-state index < -0.39 is 10.0 Å². The molecule has 8 nitrogen and oxygen atoms in total. The van der Waals surface area contributed by atoms with Crippen molar-refractivity contribution >= 4 is 36.7 Å². The Bertz CT molecular complexity index is 1300. The van der Waals surface area contributed by atoms with E-state index in [2.05, 4.69) is 24.8 Å². The number of sulfonamides is 1. The van der Waals surface area contributed by atoms with E-state index in [1.54, 1.807) is 30.3 Å². The van der Waals surface area contributed by atoms with Gasteiger partial charge in [0.25, 0.3) is 0 Å². The van der Waals surface area contributed by atoms with Gasteiger partial charge in [0.1, 0.15) is 5.82 Å². The van der Waals surface area contributed by atoms with Crippen LogP contribution in [0.15, 0.2) is 47.4 Å². The van der Waals surface area contributed by atoms with Crippen molar-refractivity contribution < 1.29 is 17.5 Å². The highest BCUT2D eigenvalue weighted by atomic mass is 32.2. The molecule has 2 atom stereocenters. The standard InChI is InChI=1S/C25H32FN5O3S2/c1-30-9-3-6-20(17-30)29-36(32,33)21-7-8-22-24(15-21)35-25(28-22)27-16-23(31-10-12-34-13-11-31)18-4-2-5-19(26)14-18/h2,4-5,7-8,14-15,20,23,29H,3,6,9-13,16-17H2,1H3,(H,27,28). The van der Waals surface area contributed by atoms with E-state index in [1.807, 2.05) is 13.1 Å². The summed E-state index contributed by atoms with van der Waals surface area (Å²) in [5.41, 5.74) is 1.64. The van der Waals surface area contributed by atoms with Crippen LogP contribution in [-0.2, 0) is 14.8 Å². The summed E-state index contributed by atoms with van der Waals surface area (Å²) in [5, 5.41) is 4.11. The number of fused-ring (bicyclic) bond motifs is 1. The number of anilines is 1. The second kappa shape index (κ2) is 11.1. The Morgan fingerprint density at radius 1 is 1.19 bits per heavy atom. The molecule has 3 heterocycles. The topological polar surface area (TPSA) is 86.8 Å². The van der Waals surface area contributed by atoms with Crippen molar-refractivity contribution in [3.63, 3.8) is 0 Å². The Hall–Kier alpha value is -2.15. The van der Waals surface area contributed by atoms with Crippen molar-refractivity contribution in [2.75, 3.05) is 58.3 Å². The van der Waals surface area contributed by atoms with Gasteiger partial charge in [0, 0.05) is 32.2 Å². The molecule has 0 bridgehead atoms. The molecule has 0 saturated carbocycles. The smallest absolute Gasteiger partial charge is 0.240 e. The second-order valence-electron chi connectivity index (χ2n) is 9.47. The molecule has 0 amide bonds. The number of likely N-dealkylation sites (N-methyl/N-ethyl adjacent to an activating group) is 1. The second-order valence-corrected chi connectivity index (χ2v) is 12.2. The van der Waals surface area contributed by atoms with Crippen LogP contribution in [0.2, 0.25) is 0 Å². The SMILES string of the molecule is CN1CCCC(NS(=O)(=O)c2ccc3nc(NCC(c4cccc(F)c4)N4CCOCC4)sc3c2)C1. The van der Waals surface area contributed by atoms with Gasteiger partial charge in [-0.25, -0.2) is 22.5 Å². The van der Waals surface area contributed by atoms with E-state index in [1.165, 1.54) is 17.4 Å². The fraction of sp³-hybridized carbons (Fsp3) is 0.480. The number of hydrogen-bond acceptors (Lipinski definition) is 8. The summed E-state index contributed by atoms with van der Waals surface area (Å²) in [6, 6.07) is 11.7. The zero-order valence-electron chi connectivity index (χ0n) is 20.3. The molecule has 2 aliphatic heterocycles. The zero-order chi connectivity index (χ0) is 25.1. The van der Waals surface area contributed by atoms with Gasteiger partial charge in [0.15, 0.2) is 5.13 Å². The minimum atomic E-state index is -3.62. The Morgan fingerprint density at radius 2 is 2.03 bits per heavy atom. The van der Waals surface area contributed by atoms with Gasteiger partial charge in [0.2, 0.25) is 10.0 Å². The third-order valence-corrected chi connectivity index (χ3v) is 9.28. The maximum atomic E-state index is 14.0. The number of aromatic nitrogens is 1. The summed E-state index contributed by atoms with van der Waals surface area (Å²) in [6.45, 7) is 5.09. The maximum Gasteiger partial charge on any atom is 0.240 e. The van der Waals surface area contributed by atoms with Crippen LogP contribution >= 0.6 is 11.3 Å². The van der Waals surface area contributed by atoms with Crippen LogP contribution in [0.1, 0.15) is 24.4 Å². The molecule has 2 unspecified atom stereocenters. The van der Waals surface area contributed by atoms with E-state index in [0.717, 1.165) is 48.3 Å². The Kier molecular flexibility index (Phi) is 7.85. The van der Waals surface area contributed by atoms with Gasteiger partial charge in [-0.15, -0.1) is 0 Å². The fourth-order valence-electron chi connectivity index (χ4n) is 4.94. The van der Waals surface area contributed by atoms with Crippen molar-refractivity contribution in [2.24, 2.45) is 0 Å². The van der Waals surface area contributed by atoms with E-state index in [4.69, 9.17) is 4.74 Å². The number of nitrogens with one attached hydrogen (secondary N) is 2. The quantitative estimate of drug-likeness (QED) is 0.460. The number of morpholine rings is 1. The molecule has 2 saturated heterocycles. The third-order valence-electron chi connectivity index (χ3n) is 6.78. The molecule has 194 valence electrons. The first kappa shape index (κ1) is 25.5. The molecule has 5 rings (SSSR count). The normalized spacial score (nSPS) is 21.0. The highest BCUT2D eigenvalue weighted by molar-refractivity contribution is 7.89. The lowest BCUT2D eigenvalue weighted by Gasteiger charge is -2.34. The Labute approximate surface area is 215 Å². The third kappa shape index (κ3) is 6.04. The number of rotatable bonds is 8. The van der Waals surface area contributed by atoms with Crippen LogP contribution < -0.4 is 10.0 Å². The summed E-state index contributed by atoms with van der Waals surface area (Å²) in [5.74, 6) is -0.257. The number of ether oxygens (including phenoxy) is 1. The fourth-order valence-corrected chi connectivity index (χ4v) is 7.22. The van der Waals surface area contributed by atoms with Gasteiger partial charge >= 0.3 is 0 Å². The average Bonchev–Trinajstić information content (AvgIpc) is 3.27. The lowest BCUT2D eigenvalue weighted by Crippen LogP contribution is -2.46. The number of halogens is 1. The van der Waals surface area contributed by atoms with E-state index >= 15 is 0 Å². The molecule has 0 radical (unpaired) electrons. The summed E-state index contributed by atoms with van der Waals surface area (Å²) < 4.78 is 49.2. The van der Waals surface area contributed by atoms with Gasteiger partial charge in [-0.05, 0) is 62.3 Å². The minimum absolute atomic E-state index is 0.0367. The van der Waals surface area contributed by atoms with Crippen LogP contribution in [-0.4, -0.2) is 82.2 Å². The van der Waals surface area contributed by atoms with Gasteiger partial charge in [-0.2, -0.15) is 0 Å². The monoisotopic (exact) mass is 533 g/mol. The van der Waals surface area contributed by atoms with E-state index in [-0.39, 0.29) is 22.8 Å². The first-order valence-electron chi connectivity index (χ1n) is 12.3. The predicted octanol–water partition coefficient (Wildman–Crippen LogP) is 3.29. The number of benzene rings is 2. The van der Waals surface area contributed by atoms with Crippen LogP contribution in [0.25, 0.3) is 10.2 Å². The van der Waals surface area contributed by atoms with Crippen molar-refractivity contribution in [1.29, 1.82) is 0 Å². The number of piperidine rings is 1. The van der Waals surface area contributed by atoms with Crippen LogP contribution in [0, 0.1) is 5.82 Å². The first-order valence-corrected chi connectivity index (χ1v) is 14.6. The number of thiazole rings is 1. The van der Waals surface area contributed by atoms with Crippen LogP contribution in [0.3, 0.4) is 0 Å². The Balaban J connectivity index is 1.31. The molecule has 36 heavy (non-hydrogen) atoms. The highest BCUT2D eigenvalue weighted by Gasteiger charge is 2.25. The maximum absolute atomic E-state index is 14.0. The van der Waals surface area contributed by atoms with Crippen LogP contribution in [0.4, 0.5) is 9.52 Å². The van der Waals surface area contributed by atoms with E-state index in [9.17, 15) is 12.8 Å². The lowest BCUT2D eigenvalue weighted by molar-refractivity contribution is 0.0186. The van der Waals surface area contributed by atoms with Gasteiger partial charge < -0.3 is 15.0 Å². The molecule has 11 heteroatoms. The van der Waals surface area contributed by atoms with Crippen molar-refractivity contribution in [3.05, 3.63) is 53.8 Å². The molecule has 2 aromatic carbocycles. The molecule has 3 aromatic rings. The molecule has 0 spiro atoms. The average molecular weight is 534 g/mol. The minimum Gasteiger partial charge on any atom is -0.379 e. The molecular weight excluding hydrogens is 501 g/mol. The lowest BCUT2D eigenvalue weighted by atomic mass is 10.0. The van der Waals surface area contributed by atoms with Crippen molar-refractivity contribution in [3.8, 4) is 0 Å². The summed E-state index contributed by atoms with van der Waals surface area (Å²) in [4.78, 5) is 9.35. The molecule has 2 N–H and O–H groups in total. The van der Waals surface area contributed by atoms with Gasteiger partial charge in [0.05, 0.1) is 34.4 Å². The Morgan fingerprint density at radius 3 is 2.81 bits per heavy atom. The number of nitrogens with zero attached hydrogens (tertiary/aromatic N) is 3. The largest absolute Gasteiger partial charge is 0.379 e. The predicted molar refractivity (Wildman–Crippen MR) is 140 cm³/mol. The zero-order valence-corrected chi connectivity index (χ0v) is 22.0. The summed E-state index contributed by atoms with van der Waals surface area (Å²) >= 11 is 1.42. The molecular formula is C25H32FN5O3S2. The molecule has 2 aliphatic rings. The molecule has 0 aliphatic carbocycles. The van der Waals surface area contributed by atoms with Gasteiger partial charge in [-0.3, -0.25) is 4.90 Å². The molecule has 2 fully saturated rings. The van der Waals surface area contributed by atoms with Crippen molar-refractivity contribution in [1.82, 2.24) is 19.5 Å². The first-order chi connectivity index (χ1) is 17.4.